The van der Waals surface area contributed by atoms with Crippen LogP contribution in [0.25, 0.3) is 21.2 Å². The fraction of sp³-hybridized carbons (Fsp3) is 0.250. The van der Waals surface area contributed by atoms with Gasteiger partial charge in [-0.3, -0.25) is 4.79 Å². The molecule has 3 nitrogen and oxygen atoms in total. The number of thiazole rings is 1. The first-order valence-corrected chi connectivity index (χ1v) is 11.6. The van der Waals surface area contributed by atoms with E-state index in [-0.39, 0.29) is 5.91 Å². The summed E-state index contributed by atoms with van der Waals surface area (Å²) in [4.78, 5) is 17.5. The summed E-state index contributed by atoms with van der Waals surface area (Å²) in [6.45, 7) is 6.96. The third-order valence-electron chi connectivity index (χ3n) is 4.98. The molecule has 5 heteroatoms. The zero-order valence-electron chi connectivity index (χ0n) is 16.9. The molecule has 0 radical (unpaired) electrons. The molecule has 0 saturated carbocycles. The molecule has 0 atom stereocenters. The minimum Gasteiger partial charge on any atom is -0.352 e. The van der Waals surface area contributed by atoms with Gasteiger partial charge in [0.05, 0.1) is 10.7 Å². The number of carbonyl (C=O) groups is 1. The van der Waals surface area contributed by atoms with Crippen LogP contribution in [0.3, 0.4) is 0 Å². The fourth-order valence-electron chi connectivity index (χ4n) is 3.26. The largest absolute Gasteiger partial charge is 0.352 e. The molecular formula is C24H24N2OS2. The maximum absolute atomic E-state index is 12.8. The highest BCUT2D eigenvalue weighted by Gasteiger charge is 2.13. The average Bonchev–Trinajstić information content (AvgIpc) is 3.37. The van der Waals surface area contributed by atoms with Gasteiger partial charge in [0.15, 0.2) is 0 Å². The minimum atomic E-state index is -0.0331. The molecule has 2 aromatic carbocycles. The number of hydrogen-bond donors (Lipinski definition) is 1. The van der Waals surface area contributed by atoms with E-state index in [2.05, 4.69) is 72.2 Å². The Labute approximate surface area is 179 Å². The topological polar surface area (TPSA) is 42.0 Å². The quantitative estimate of drug-likeness (QED) is 0.390. The number of aryl methyl sites for hydroxylation is 1. The van der Waals surface area contributed by atoms with Crippen molar-refractivity contribution in [3.63, 3.8) is 0 Å². The Morgan fingerprint density at radius 1 is 1.10 bits per heavy atom. The highest BCUT2D eigenvalue weighted by atomic mass is 32.1. The molecule has 0 unspecified atom stereocenters. The van der Waals surface area contributed by atoms with Gasteiger partial charge in [-0.1, -0.05) is 43.7 Å². The molecular weight excluding hydrogens is 396 g/mol. The fourth-order valence-corrected chi connectivity index (χ4v) is 5.07. The van der Waals surface area contributed by atoms with Crippen molar-refractivity contribution in [2.24, 2.45) is 0 Å². The van der Waals surface area contributed by atoms with Gasteiger partial charge in [0, 0.05) is 34.0 Å². The lowest BCUT2D eigenvalue weighted by molar-refractivity contribution is 0.0954. The summed E-state index contributed by atoms with van der Waals surface area (Å²) in [5.41, 5.74) is 5.31. The van der Waals surface area contributed by atoms with Gasteiger partial charge in [-0.2, -0.15) is 0 Å². The molecule has 2 aromatic heterocycles. The van der Waals surface area contributed by atoms with E-state index in [1.807, 2.05) is 12.1 Å². The second-order valence-corrected chi connectivity index (χ2v) is 9.44. The number of rotatable bonds is 6. The molecule has 0 aliphatic carbocycles. The number of thiophene rings is 1. The Morgan fingerprint density at radius 3 is 2.62 bits per heavy atom. The lowest BCUT2D eigenvalue weighted by atomic mass is 9.98. The van der Waals surface area contributed by atoms with Gasteiger partial charge in [0.25, 0.3) is 5.91 Å². The van der Waals surface area contributed by atoms with E-state index in [1.165, 1.54) is 10.9 Å². The Bertz CT molecular complexity index is 1140. The molecule has 0 fully saturated rings. The van der Waals surface area contributed by atoms with E-state index >= 15 is 0 Å². The predicted octanol–water partition coefficient (Wildman–Crippen LogP) is 6.43. The molecule has 1 N–H and O–H groups in total. The van der Waals surface area contributed by atoms with Crippen LogP contribution in [0.15, 0.2) is 53.2 Å². The summed E-state index contributed by atoms with van der Waals surface area (Å²) in [7, 11) is 0. The number of carbonyl (C=O) groups excluding carboxylic acids is 1. The number of aromatic nitrogens is 1. The third-order valence-corrected chi connectivity index (χ3v) is 6.77. The standard InChI is InChI=1S/C24H24N2OS2/c1-15(2)21-14-29-23(26-21)8-10-25-24(27)18-12-20(17-6-4-16(3)5-7-17)19-9-11-28-22(19)13-18/h4-7,9,11-15H,8,10H2,1-3H3,(H,25,27). The highest BCUT2D eigenvalue weighted by Crippen LogP contribution is 2.33. The smallest absolute Gasteiger partial charge is 0.251 e. The monoisotopic (exact) mass is 420 g/mol. The van der Waals surface area contributed by atoms with Gasteiger partial charge < -0.3 is 5.32 Å². The Hall–Kier alpha value is -2.50. The SMILES string of the molecule is Cc1ccc(-c2cc(C(=O)NCCc3nc(C(C)C)cs3)cc3sccc23)cc1. The second-order valence-electron chi connectivity index (χ2n) is 7.55. The summed E-state index contributed by atoms with van der Waals surface area (Å²) in [5, 5.41) is 9.52. The first kappa shape index (κ1) is 19.8. The van der Waals surface area contributed by atoms with Crippen molar-refractivity contribution in [3.8, 4) is 11.1 Å². The van der Waals surface area contributed by atoms with Crippen molar-refractivity contribution in [1.29, 1.82) is 0 Å². The highest BCUT2D eigenvalue weighted by molar-refractivity contribution is 7.17. The van der Waals surface area contributed by atoms with Crippen LogP contribution in [0.1, 0.15) is 46.4 Å². The Kier molecular flexibility index (Phi) is 5.79. The van der Waals surface area contributed by atoms with Crippen molar-refractivity contribution >= 4 is 38.7 Å². The summed E-state index contributed by atoms with van der Waals surface area (Å²) in [5.74, 6) is 0.404. The first-order chi connectivity index (χ1) is 14.0. The van der Waals surface area contributed by atoms with Crippen LogP contribution in [-0.4, -0.2) is 17.4 Å². The molecule has 0 spiro atoms. The van der Waals surface area contributed by atoms with E-state index in [4.69, 9.17) is 0 Å². The molecule has 0 bridgehead atoms. The van der Waals surface area contributed by atoms with E-state index < -0.39 is 0 Å². The number of amides is 1. The van der Waals surface area contributed by atoms with Crippen LogP contribution in [0.4, 0.5) is 0 Å². The van der Waals surface area contributed by atoms with Gasteiger partial charge >= 0.3 is 0 Å². The third kappa shape index (κ3) is 4.41. The zero-order chi connectivity index (χ0) is 20.4. The van der Waals surface area contributed by atoms with Crippen molar-refractivity contribution < 1.29 is 4.79 Å². The molecule has 1 amide bonds. The molecule has 148 valence electrons. The average molecular weight is 421 g/mol. The lowest BCUT2D eigenvalue weighted by Crippen LogP contribution is -2.25. The van der Waals surface area contributed by atoms with Crippen LogP contribution in [0, 0.1) is 6.92 Å². The molecule has 4 rings (SSSR count). The van der Waals surface area contributed by atoms with Crippen molar-refractivity contribution in [1.82, 2.24) is 10.3 Å². The van der Waals surface area contributed by atoms with Gasteiger partial charge in [-0.25, -0.2) is 4.98 Å². The van der Waals surface area contributed by atoms with Gasteiger partial charge in [0.2, 0.25) is 0 Å². The predicted molar refractivity (Wildman–Crippen MR) is 124 cm³/mol. The summed E-state index contributed by atoms with van der Waals surface area (Å²) in [6.07, 6.45) is 0.759. The van der Waals surface area contributed by atoms with Crippen LogP contribution >= 0.6 is 22.7 Å². The summed E-state index contributed by atoms with van der Waals surface area (Å²) < 4.78 is 1.13. The van der Waals surface area contributed by atoms with Gasteiger partial charge in [-0.15, -0.1) is 22.7 Å². The Balaban J connectivity index is 1.52. The number of fused-ring (bicyclic) bond motifs is 1. The molecule has 2 heterocycles. The van der Waals surface area contributed by atoms with E-state index in [1.54, 1.807) is 22.7 Å². The van der Waals surface area contributed by atoms with Gasteiger partial charge in [-0.05, 0) is 47.5 Å². The van der Waals surface area contributed by atoms with Crippen molar-refractivity contribution in [2.45, 2.75) is 33.1 Å². The van der Waals surface area contributed by atoms with Crippen molar-refractivity contribution in [2.75, 3.05) is 6.54 Å². The minimum absolute atomic E-state index is 0.0331. The number of hydrogen-bond acceptors (Lipinski definition) is 4. The molecule has 4 aromatic rings. The maximum Gasteiger partial charge on any atom is 0.251 e. The Morgan fingerprint density at radius 2 is 1.90 bits per heavy atom. The second kappa shape index (κ2) is 8.47. The maximum atomic E-state index is 12.8. The molecule has 0 aliphatic rings. The lowest BCUT2D eigenvalue weighted by Gasteiger charge is -2.09. The van der Waals surface area contributed by atoms with E-state index in [0.29, 0.717) is 18.0 Å². The summed E-state index contributed by atoms with van der Waals surface area (Å²) in [6, 6.07) is 14.6. The number of benzene rings is 2. The van der Waals surface area contributed by atoms with Gasteiger partial charge in [0.1, 0.15) is 0 Å². The zero-order valence-corrected chi connectivity index (χ0v) is 18.5. The summed E-state index contributed by atoms with van der Waals surface area (Å²) >= 11 is 3.34. The number of nitrogens with one attached hydrogen (secondary N) is 1. The van der Waals surface area contributed by atoms with Crippen LogP contribution in [0.2, 0.25) is 0 Å². The van der Waals surface area contributed by atoms with Crippen molar-refractivity contribution in [3.05, 3.63) is 75.1 Å². The normalized spacial score (nSPS) is 11.3. The van der Waals surface area contributed by atoms with E-state index in [0.717, 1.165) is 32.9 Å². The molecule has 0 aliphatic heterocycles. The van der Waals surface area contributed by atoms with Crippen LogP contribution < -0.4 is 5.32 Å². The van der Waals surface area contributed by atoms with E-state index in [9.17, 15) is 4.79 Å². The molecule has 29 heavy (non-hydrogen) atoms. The van der Waals surface area contributed by atoms with Crippen LogP contribution in [-0.2, 0) is 6.42 Å². The first-order valence-electron chi connectivity index (χ1n) is 9.82. The number of nitrogens with zero attached hydrogens (tertiary/aromatic N) is 1. The molecule has 0 saturated heterocycles. The van der Waals surface area contributed by atoms with Crippen LogP contribution in [0.5, 0.6) is 0 Å².